The average Bonchev–Trinajstić information content (AvgIpc) is 2.81. The number of pyridine rings is 1. The molecule has 0 fully saturated rings. The highest BCUT2D eigenvalue weighted by molar-refractivity contribution is 6.33. The van der Waals surface area contributed by atoms with Gasteiger partial charge in [0, 0.05) is 29.4 Å². The summed E-state index contributed by atoms with van der Waals surface area (Å²) in [5, 5.41) is 0.650. The molecule has 3 nitrogen and oxygen atoms in total. The first kappa shape index (κ1) is 14.5. The van der Waals surface area contributed by atoms with Crippen LogP contribution in [0.25, 0.3) is 5.82 Å². The summed E-state index contributed by atoms with van der Waals surface area (Å²) < 4.78 is 2.12. The maximum atomic E-state index is 6.13. The van der Waals surface area contributed by atoms with Gasteiger partial charge in [-0.05, 0) is 44.2 Å². The summed E-state index contributed by atoms with van der Waals surface area (Å²) in [7, 11) is 0. The van der Waals surface area contributed by atoms with E-state index >= 15 is 0 Å². The molecule has 2 aromatic heterocycles. The van der Waals surface area contributed by atoms with Crippen molar-refractivity contribution in [2.24, 2.45) is 4.99 Å². The van der Waals surface area contributed by atoms with E-state index in [1.165, 1.54) is 0 Å². The minimum absolute atomic E-state index is 0.650. The van der Waals surface area contributed by atoms with Gasteiger partial charge in [-0.25, -0.2) is 4.98 Å². The van der Waals surface area contributed by atoms with Crippen LogP contribution in [0.4, 0.5) is 5.69 Å². The Hall–Kier alpha value is -2.39. The fraction of sp³-hybridized carbons (Fsp3) is 0.111. The molecule has 110 valence electrons. The summed E-state index contributed by atoms with van der Waals surface area (Å²) in [5.41, 5.74) is 4.05. The van der Waals surface area contributed by atoms with E-state index < -0.39 is 0 Å². The fourth-order valence-corrected chi connectivity index (χ4v) is 2.64. The van der Waals surface area contributed by atoms with Crippen LogP contribution in [0.5, 0.6) is 0 Å². The van der Waals surface area contributed by atoms with E-state index in [4.69, 9.17) is 11.6 Å². The van der Waals surface area contributed by atoms with Crippen molar-refractivity contribution in [2.45, 2.75) is 13.8 Å². The van der Waals surface area contributed by atoms with Gasteiger partial charge in [-0.1, -0.05) is 29.8 Å². The number of halogens is 1. The van der Waals surface area contributed by atoms with Crippen LogP contribution in [0.15, 0.2) is 59.7 Å². The number of aryl methyl sites for hydroxylation is 1. The first-order chi connectivity index (χ1) is 10.7. The summed E-state index contributed by atoms with van der Waals surface area (Å²) in [5.74, 6) is 0.912. The second-order valence-electron chi connectivity index (χ2n) is 5.06. The van der Waals surface area contributed by atoms with Crippen molar-refractivity contribution < 1.29 is 0 Å². The zero-order chi connectivity index (χ0) is 15.5. The Balaban J connectivity index is 1.99. The maximum Gasteiger partial charge on any atom is 0.136 e. The molecule has 0 unspecified atom stereocenters. The van der Waals surface area contributed by atoms with E-state index in [2.05, 4.69) is 34.5 Å². The molecule has 22 heavy (non-hydrogen) atoms. The SMILES string of the molecule is Cc1cc(C=Nc2ccccc2Cl)c(C)n1-c1ccccn1. The van der Waals surface area contributed by atoms with Crippen molar-refractivity contribution in [3.63, 3.8) is 0 Å². The standard InChI is InChI=1S/C18H16ClN3/c1-13-11-15(12-21-17-8-4-3-7-16(17)19)14(2)22(13)18-9-5-6-10-20-18/h3-12H,1-2H3. The van der Waals surface area contributed by atoms with Crippen molar-refractivity contribution in [3.05, 3.63) is 76.7 Å². The number of hydrogen-bond acceptors (Lipinski definition) is 2. The van der Waals surface area contributed by atoms with Crippen LogP contribution >= 0.6 is 11.6 Å². The van der Waals surface area contributed by atoms with Crippen LogP contribution in [0.2, 0.25) is 5.02 Å². The van der Waals surface area contributed by atoms with Crippen LogP contribution in [0.3, 0.4) is 0 Å². The molecular formula is C18H16ClN3. The largest absolute Gasteiger partial charge is 0.303 e. The van der Waals surface area contributed by atoms with Crippen molar-refractivity contribution in [1.82, 2.24) is 9.55 Å². The molecule has 0 spiro atoms. The number of benzene rings is 1. The zero-order valence-corrected chi connectivity index (χ0v) is 13.2. The molecule has 0 bridgehead atoms. The third-order valence-corrected chi connectivity index (χ3v) is 3.86. The molecule has 1 aromatic carbocycles. The van der Waals surface area contributed by atoms with Crippen LogP contribution in [-0.2, 0) is 0 Å². The Morgan fingerprint density at radius 2 is 1.86 bits per heavy atom. The highest BCUT2D eigenvalue weighted by atomic mass is 35.5. The quantitative estimate of drug-likeness (QED) is 0.633. The van der Waals surface area contributed by atoms with Crippen LogP contribution in [0, 0.1) is 13.8 Å². The molecule has 0 aliphatic heterocycles. The summed E-state index contributed by atoms with van der Waals surface area (Å²) in [6.07, 6.45) is 3.65. The highest BCUT2D eigenvalue weighted by Gasteiger charge is 2.09. The predicted molar refractivity (Wildman–Crippen MR) is 91.7 cm³/mol. The molecule has 3 rings (SSSR count). The monoisotopic (exact) mass is 309 g/mol. The van der Waals surface area contributed by atoms with Crippen molar-refractivity contribution >= 4 is 23.5 Å². The van der Waals surface area contributed by atoms with E-state index in [0.717, 1.165) is 28.5 Å². The van der Waals surface area contributed by atoms with E-state index in [0.29, 0.717) is 5.02 Å². The smallest absolute Gasteiger partial charge is 0.136 e. The Kier molecular flexibility index (Phi) is 4.07. The fourth-order valence-electron chi connectivity index (χ4n) is 2.45. The molecule has 3 aromatic rings. The van der Waals surface area contributed by atoms with Crippen molar-refractivity contribution in [2.75, 3.05) is 0 Å². The molecule has 0 radical (unpaired) electrons. The molecule has 4 heteroatoms. The molecular weight excluding hydrogens is 294 g/mol. The first-order valence-corrected chi connectivity index (χ1v) is 7.43. The molecule has 0 N–H and O–H groups in total. The third kappa shape index (κ3) is 2.81. The lowest BCUT2D eigenvalue weighted by atomic mass is 10.2. The second kappa shape index (κ2) is 6.16. The van der Waals surface area contributed by atoms with Gasteiger partial charge >= 0.3 is 0 Å². The van der Waals surface area contributed by atoms with Gasteiger partial charge < -0.3 is 4.57 Å². The lowest BCUT2D eigenvalue weighted by molar-refractivity contribution is 0.921. The molecule has 0 atom stereocenters. The summed E-state index contributed by atoms with van der Waals surface area (Å²) in [6.45, 7) is 4.13. The van der Waals surface area contributed by atoms with E-state index in [1.807, 2.05) is 48.7 Å². The average molecular weight is 310 g/mol. The van der Waals surface area contributed by atoms with E-state index in [1.54, 1.807) is 6.20 Å². The number of rotatable bonds is 3. The Morgan fingerprint density at radius 3 is 2.59 bits per heavy atom. The molecule has 0 aliphatic carbocycles. The normalized spacial score (nSPS) is 11.2. The number of aliphatic imine (C=N–C) groups is 1. The van der Waals surface area contributed by atoms with Gasteiger partial charge in [0.25, 0.3) is 0 Å². The minimum Gasteiger partial charge on any atom is -0.303 e. The van der Waals surface area contributed by atoms with Gasteiger partial charge in [0.15, 0.2) is 0 Å². The molecule has 0 aliphatic rings. The highest BCUT2D eigenvalue weighted by Crippen LogP contribution is 2.24. The van der Waals surface area contributed by atoms with Gasteiger partial charge in [-0.15, -0.1) is 0 Å². The predicted octanol–water partition coefficient (Wildman–Crippen LogP) is 4.89. The summed E-state index contributed by atoms with van der Waals surface area (Å²) in [4.78, 5) is 8.91. The Labute approximate surface area is 134 Å². The molecule has 0 amide bonds. The second-order valence-corrected chi connectivity index (χ2v) is 5.47. The first-order valence-electron chi connectivity index (χ1n) is 7.06. The lowest BCUT2D eigenvalue weighted by Crippen LogP contribution is -2.01. The van der Waals surface area contributed by atoms with Crippen LogP contribution < -0.4 is 0 Å². The summed E-state index contributed by atoms with van der Waals surface area (Å²) >= 11 is 6.13. The van der Waals surface area contributed by atoms with Gasteiger partial charge in [0.2, 0.25) is 0 Å². The van der Waals surface area contributed by atoms with E-state index in [9.17, 15) is 0 Å². The van der Waals surface area contributed by atoms with Crippen LogP contribution in [-0.4, -0.2) is 15.8 Å². The number of hydrogen-bond donors (Lipinski definition) is 0. The third-order valence-electron chi connectivity index (χ3n) is 3.54. The topological polar surface area (TPSA) is 30.2 Å². The number of nitrogens with zero attached hydrogens (tertiary/aromatic N) is 3. The Morgan fingerprint density at radius 1 is 1.09 bits per heavy atom. The van der Waals surface area contributed by atoms with Crippen LogP contribution in [0.1, 0.15) is 17.0 Å². The minimum atomic E-state index is 0.650. The number of aromatic nitrogens is 2. The molecule has 0 saturated carbocycles. The maximum absolute atomic E-state index is 6.13. The van der Waals surface area contributed by atoms with Crippen molar-refractivity contribution in [1.29, 1.82) is 0 Å². The lowest BCUT2D eigenvalue weighted by Gasteiger charge is -2.07. The Bertz CT molecular complexity index is 820. The van der Waals surface area contributed by atoms with Gasteiger partial charge in [0.1, 0.15) is 5.82 Å². The zero-order valence-electron chi connectivity index (χ0n) is 12.5. The summed E-state index contributed by atoms with van der Waals surface area (Å²) in [6, 6.07) is 15.6. The molecule has 0 saturated heterocycles. The van der Waals surface area contributed by atoms with E-state index in [-0.39, 0.29) is 0 Å². The molecule has 2 heterocycles. The van der Waals surface area contributed by atoms with Gasteiger partial charge in [0.05, 0.1) is 10.7 Å². The van der Waals surface area contributed by atoms with Crippen molar-refractivity contribution in [3.8, 4) is 5.82 Å². The number of para-hydroxylation sites is 1. The van der Waals surface area contributed by atoms with Gasteiger partial charge in [-0.3, -0.25) is 4.99 Å². The van der Waals surface area contributed by atoms with Gasteiger partial charge in [-0.2, -0.15) is 0 Å².